The number of nitrogens with zero attached hydrogens (tertiary/aromatic N) is 3. The normalized spacial score (nSPS) is 14.9. The molecule has 0 aliphatic carbocycles. The minimum absolute atomic E-state index is 0.721. The van der Waals surface area contributed by atoms with Crippen molar-refractivity contribution in [3.63, 3.8) is 0 Å². The Bertz CT molecular complexity index is 1200. The number of allylic oxidation sites excluding steroid dienone is 1. The number of benzene rings is 2. The lowest BCUT2D eigenvalue weighted by Crippen LogP contribution is -2.40. The number of aromatic nitrogens is 2. The van der Waals surface area contributed by atoms with E-state index in [2.05, 4.69) is 84.4 Å². The van der Waals surface area contributed by atoms with E-state index in [1.807, 2.05) is 12.3 Å². The molecule has 0 spiro atoms. The van der Waals surface area contributed by atoms with Gasteiger partial charge in [-0.1, -0.05) is 29.8 Å². The fourth-order valence-electron chi connectivity index (χ4n) is 4.79. The number of quaternary nitrogens is 1. The van der Waals surface area contributed by atoms with Crippen molar-refractivity contribution < 1.29 is 0 Å². The van der Waals surface area contributed by atoms with Crippen LogP contribution in [0, 0.1) is 0 Å². The highest BCUT2D eigenvalue weighted by Crippen LogP contribution is 2.34. The van der Waals surface area contributed by atoms with Crippen LogP contribution < -0.4 is 20.4 Å². The van der Waals surface area contributed by atoms with E-state index in [9.17, 15) is 0 Å². The average Bonchev–Trinajstić information content (AvgIpc) is 3.21. The maximum absolute atomic E-state index is 4.83. The zero-order valence-electron chi connectivity index (χ0n) is 19.8. The second-order valence-corrected chi connectivity index (χ2v) is 9.63. The molecule has 2 aromatic carbocycles. The van der Waals surface area contributed by atoms with Crippen LogP contribution in [0.15, 0.2) is 60.3 Å². The van der Waals surface area contributed by atoms with Crippen LogP contribution in [0.3, 0.4) is 0 Å². The zero-order chi connectivity index (χ0) is 22.8. The van der Waals surface area contributed by atoms with Gasteiger partial charge in [0.1, 0.15) is 18.1 Å². The van der Waals surface area contributed by atoms with E-state index in [4.69, 9.17) is 4.98 Å². The molecular formula is C27H33N6+. The first kappa shape index (κ1) is 21.5. The Morgan fingerprint density at radius 2 is 1.97 bits per heavy atom. The molecule has 0 saturated carbocycles. The summed E-state index contributed by atoms with van der Waals surface area (Å²) in [6.07, 6.45) is 6.22. The highest BCUT2D eigenvalue weighted by molar-refractivity contribution is 5.67. The highest BCUT2D eigenvalue weighted by atomic mass is 15.3. The van der Waals surface area contributed by atoms with Gasteiger partial charge in [0.2, 0.25) is 0 Å². The molecule has 1 aromatic heterocycles. The quantitative estimate of drug-likeness (QED) is 0.381. The Kier molecular flexibility index (Phi) is 5.77. The lowest BCUT2D eigenvalue weighted by molar-refractivity contribution is 0.379. The summed E-state index contributed by atoms with van der Waals surface area (Å²) in [6.45, 7) is 5.59. The van der Waals surface area contributed by atoms with Gasteiger partial charge in [-0.15, -0.1) is 0 Å². The molecule has 0 fully saturated rings. The number of fused-ring (bicyclic) bond motifs is 2. The van der Waals surface area contributed by atoms with Gasteiger partial charge in [0.05, 0.1) is 14.1 Å². The molecule has 0 bridgehead atoms. The minimum Gasteiger partial charge on any atom is -0.384 e. The number of hydrogen-bond donors (Lipinski definition) is 3. The first-order valence-corrected chi connectivity index (χ1v) is 11.7. The summed E-state index contributed by atoms with van der Waals surface area (Å²) in [4.78, 5) is 9.41. The lowest BCUT2D eigenvalue weighted by atomic mass is 10.1. The van der Waals surface area contributed by atoms with E-state index >= 15 is 0 Å². The monoisotopic (exact) mass is 441 g/mol. The Morgan fingerprint density at radius 3 is 2.88 bits per heavy atom. The highest BCUT2D eigenvalue weighted by Gasteiger charge is 2.28. The average molecular weight is 442 g/mol. The summed E-state index contributed by atoms with van der Waals surface area (Å²) in [5.74, 6) is 1.71. The molecule has 3 aromatic rings. The third-order valence-corrected chi connectivity index (χ3v) is 6.61. The van der Waals surface area contributed by atoms with Gasteiger partial charge in [-0.05, 0) is 55.2 Å². The van der Waals surface area contributed by atoms with Crippen LogP contribution in [0.4, 0.5) is 22.9 Å². The van der Waals surface area contributed by atoms with Crippen molar-refractivity contribution in [2.75, 3.05) is 43.1 Å². The van der Waals surface area contributed by atoms with Gasteiger partial charge < -0.3 is 16.0 Å². The molecule has 2 aliphatic rings. The van der Waals surface area contributed by atoms with E-state index in [0.29, 0.717) is 0 Å². The van der Waals surface area contributed by atoms with E-state index in [1.165, 1.54) is 39.3 Å². The number of rotatable bonds is 6. The Morgan fingerprint density at radius 1 is 1.06 bits per heavy atom. The SMILES string of the molecule is CC1=CCc2cc(CNc3ccnc(C[N+](C)(C)c4cccc5c4CCN5)n3)ccc2NC1. The van der Waals surface area contributed by atoms with Crippen LogP contribution in [-0.2, 0) is 25.9 Å². The fraction of sp³-hybridized carbons (Fsp3) is 0.333. The summed E-state index contributed by atoms with van der Waals surface area (Å²) >= 11 is 0. The van der Waals surface area contributed by atoms with Gasteiger partial charge in [-0.2, -0.15) is 0 Å². The summed E-state index contributed by atoms with van der Waals surface area (Å²) in [5.41, 5.74) is 9.24. The molecule has 0 saturated heterocycles. The standard InChI is InChI=1S/C27H33N6/c1-19-7-9-21-15-20(8-10-23(21)30-16-19)17-31-26-12-14-29-27(32-26)18-33(2,3)25-6-4-5-24-22(25)11-13-28-24/h4-8,10,12,14-15,28,30H,9,11,13,16-18H2,1-3H3,(H,29,31,32)/q+1. The summed E-state index contributed by atoms with van der Waals surface area (Å²) in [5, 5.41) is 10.5. The van der Waals surface area contributed by atoms with E-state index in [-0.39, 0.29) is 0 Å². The van der Waals surface area contributed by atoms with Gasteiger partial charge in [-0.25, -0.2) is 9.97 Å². The first-order chi connectivity index (χ1) is 16.0. The van der Waals surface area contributed by atoms with Crippen molar-refractivity contribution in [3.8, 4) is 0 Å². The molecule has 3 N–H and O–H groups in total. The van der Waals surface area contributed by atoms with E-state index in [0.717, 1.165) is 55.1 Å². The van der Waals surface area contributed by atoms with Crippen molar-refractivity contribution in [1.29, 1.82) is 0 Å². The molecule has 0 unspecified atom stereocenters. The Balaban J connectivity index is 1.28. The lowest BCUT2D eigenvalue weighted by Gasteiger charge is -2.30. The number of anilines is 3. The maximum Gasteiger partial charge on any atom is 0.186 e. The van der Waals surface area contributed by atoms with Crippen LogP contribution in [0.2, 0.25) is 0 Å². The summed E-state index contributed by atoms with van der Waals surface area (Å²) in [7, 11) is 4.47. The second kappa shape index (κ2) is 8.87. The number of hydrogen-bond acceptors (Lipinski definition) is 5. The molecule has 6 nitrogen and oxygen atoms in total. The molecule has 0 radical (unpaired) electrons. The molecule has 5 rings (SSSR count). The van der Waals surface area contributed by atoms with Gasteiger partial charge in [0.25, 0.3) is 0 Å². The molecule has 0 amide bonds. The van der Waals surface area contributed by atoms with Crippen molar-refractivity contribution in [3.05, 3.63) is 82.8 Å². The van der Waals surface area contributed by atoms with Crippen LogP contribution >= 0.6 is 0 Å². The predicted octanol–water partition coefficient (Wildman–Crippen LogP) is 4.74. The van der Waals surface area contributed by atoms with Crippen molar-refractivity contribution in [1.82, 2.24) is 14.5 Å². The van der Waals surface area contributed by atoms with Crippen molar-refractivity contribution >= 4 is 22.9 Å². The third-order valence-electron chi connectivity index (χ3n) is 6.61. The zero-order valence-corrected chi connectivity index (χ0v) is 19.8. The summed E-state index contributed by atoms with van der Waals surface area (Å²) in [6, 6.07) is 15.2. The Hall–Kier alpha value is -3.38. The molecule has 6 heteroatoms. The molecule has 170 valence electrons. The Labute approximate surface area is 196 Å². The van der Waals surface area contributed by atoms with Crippen LogP contribution in [0.25, 0.3) is 0 Å². The van der Waals surface area contributed by atoms with E-state index in [1.54, 1.807) is 0 Å². The predicted molar refractivity (Wildman–Crippen MR) is 138 cm³/mol. The first-order valence-electron chi connectivity index (χ1n) is 11.7. The van der Waals surface area contributed by atoms with Gasteiger partial charge in [0, 0.05) is 42.8 Å². The molecular weight excluding hydrogens is 408 g/mol. The van der Waals surface area contributed by atoms with Crippen molar-refractivity contribution in [2.45, 2.75) is 32.9 Å². The number of nitrogens with one attached hydrogen (secondary N) is 3. The van der Waals surface area contributed by atoms with Crippen LogP contribution in [0.1, 0.15) is 29.4 Å². The molecule has 33 heavy (non-hydrogen) atoms. The van der Waals surface area contributed by atoms with E-state index < -0.39 is 0 Å². The minimum atomic E-state index is 0.721. The second-order valence-electron chi connectivity index (χ2n) is 9.63. The topological polar surface area (TPSA) is 61.9 Å². The molecule has 2 aliphatic heterocycles. The van der Waals surface area contributed by atoms with Crippen molar-refractivity contribution in [2.24, 2.45) is 0 Å². The largest absolute Gasteiger partial charge is 0.384 e. The third kappa shape index (κ3) is 4.71. The smallest absolute Gasteiger partial charge is 0.186 e. The fourth-order valence-corrected chi connectivity index (χ4v) is 4.79. The maximum atomic E-state index is 4.83. The van der Waals surface area contributed by atoms with Crippen LogP contribution in [0.5, 0.6) is 0 Å². The van der Waals surface area contributed by atoms with Gasteiger partial charge in [0.15, 0.2) is 5.82 Å². The summed E-state index contributed by atoms with van der Waals surface area (Å²) < 4.78 is 0.721. The molecule has 3 heterocycles. The van der Waals surface area contributed by atoms with Crippen LogP contribution in [-0.4, -0.2) is 37.2 Å². The van der Waals surface area contributed by atoms with Gasteiger partial charge in [-0.3, -0.25) is 4.48 Å². The van der Waals surface area contributed by atoms with Gasteiger partial charge >= 0.3 is 0 Å². The molecule has 0 atom stereocenters.